The minimum atomic E-state index is -0.831. The summed E-state index contributed by atoms with van der Waals surface area (Å²) < 4.78 is 5.51. The molecule has 0 radical (unpaired) electrons. The lowest BCUT2D eigenvalue weighted by atomic mass is 9.97. The molecule has 19 heavy (non-hydrogen) atoms. The van der Waals surface area contributed by atoms with Gasteiger partial charge in [-0.15, -0.1) is 0 Å². The molecule has 1 aromatic carbocycles. The lowest BCUT2D eigenvalue weighted by Gasteiger charge is -2.26. The summed E-state index contributed by atoms with van der Waals surface area (Å²) in [5.74, 6) is 0.440. The number of carbonyl (C=O) groups is 1. The molecule has 1 unspecified atom stereocenters. The van der Waals surface area contributed by atoms with E-state index in [2.05, 4.69) is 5.32 Å². The highest BCUT2D eigenvalue weighted by Crippen LogP contribution is 2.14. The van der Waals surface area contributed by atoms with Gasteiger partial charge in [0.15, 0.2) is 6.10 Å². The molecular formula is C15H23NO3. The monoisotopic (exact) mass is 265 g/mol. The maximum atomic E-state index is 11.9. The summed E-state index contributed by atoms with van der Waals surface area (Å²) >= 11 is 0. The van der Waals surface area contributed by atoms with Crippen LogP contribution in [0.25, 0.3) is 0 Å². The molecule has 1 aromatic rings. The van der Waals surface area contributed by atoms with Gasteiger partial charge >= 0.3 is 0 Å². The summed E-state index contributed by atoms with van der Waals surface area (Å²) in [5, 5.41) is 12.8. The van der Waals surface area contributed by atoms with Gasteiger partial charge in [0, 0.05) is 6.54 Å². The van der Waals surface area contributed by atoms with Crippen LogP contribution in [0, 0.1) is 0 Å². The van der Waals surface area contributed by atoms with Gasteiger partial charge in [-0.05, 0) is 31.9 Å². The molecule has 0 fully saturated rings. The summed E-state index contributed by atoms with van der Waals surface area (Å²) in [6, 6.07) is 9.20. The fourth-order valence-electron chi connectivity index (χ4n) is 1.65. The van der Waals surface area contributed by atoms with Crippen molar-refractivity contribution in [3.8, 4) is 5.75 Å². The summed E-state index contributed by atoms with van der Waals surface area (Å²) in [6.45, 7) is 5.75. The van der Waals surface area contributed by atoms with Crippen LogP contribution in [-0.4, -0.2) is 29.3 Å². The molecule has 0 aromatic heterocycles. The zero-order valence-corrected chi connectivity index (χ0v) is 11.8. The molecule has 0 bridgehead atoms. The van der Waals surface area contributed by atoms with E-state index in [1.165, 1.54) is 0 Å². The van der Waals surface area contributed by atoms with Crippen molar-refractivity contribution >= 4 is 5.91 Å². The van der Waals surface area contributed by atoms with Crippen LogP contribution in [0.15, 0.2) is 30.3 Å². The number of rotatable bonds is 7. The van der Waals surface area contributed by atoms with Crippen molar-refractivity contribution < 1.29 is 14.6 Å². The van der Waals surface area contributed by atoms with Gasteiger partial charge in [-0.1, -0.05) is 32.0 Å². The van der Waals surface area contributed by atoms with E-state index in [1.807, 2.05) is 32.0 Å². The van der Waals surface area contributed by atoms with Gasteiger partial charge in [-0.2, -0.15) is 0 Å². The van der Waals surface area contributed by atoms with E-state index in [0.29, 0.717) is 18.6 Å². The highest BCUT2D eigenvalue weighted by molar-refractivity contribution is 5.80. The summed E-state index contributed by atoms with van der Waals surface area (Å²) in [4.78, 5) is 11.9. The van der Waals surface area contributed by atoms with Crippen LogP contribution in [-0.2, 0) is 4.79 Å². The van der Waals surface area contributed by atoms with Gasteiger partial charge in [0.2, 0.25) is 0 Å². The average molecular weight is 265 g/mol. The molecule has 1 amide bonds. The van der Waals surface area contributed by atoms with E-state index < -0.39 is 11.7 Å². The van der Waals surface area contributed by atoms with Gasteiger partial charge in [-0.3, -0.25) is 4.79 Å². The Hall–Kier alpha value is -1.55. The van der Waals surface area contributed by atoms with Crippen LogP contribution >= 0.6 is 0 Å². The Morgan fingerprint density at radius 1 is 1.32 bits per heavy atom. The van der Waals surface area contributed by atoms with Crippen molar-refractivity contribution in [2.75, 3.05) is 6.54 Å². The van der Waals surface area contributed by atoms with Crippen LogP contribution in [0.5, 0.6) is 5.75 Å². The number of hydrogen-bond acceptors (Lipinski definition) is 3. The Kier molecular flexibility index (Phi) is 5.83. The molecule has 2 N–H and O–H groups in total. The highest BCUT2D eigenvalue weighted by Gasteiger charge is 2.24. The Morgan fingerprint density at radius 3 is 2.42 bits per heavy atom. The van der Waals surface area contributed by atoms with Crippen LogP contribution in [0.3, 0.4) is 0 Å². The SMILES string of the molecule is CCC(O)(CC)CNC(=O)C(C)Oc1ccccc1. The number of aliphatic hydroxyl groups is 1. The lowest BCUT2D eigenvalue weighted by Crippen LogP contribution is -2.46. The van der Waals surface area contributed by atoms with Crippen molar-refractivity contribution in [1.29, 1.82) is 0 Å². The summed E-state index contributed by atoms with van der Waals surface area (Å²) in [5.41, 5.74) is -0.831. The summed E-state index contributed by atoms with van der Waals surface area (Å²) in [7, 11) is 0. The average Bonchev–Trinajstić information content (AvgIpc) is 2.45. The number of ether oxygens (including phenoxy) is 1. The number of benzene rings is 1. The van der Waals surface area contributed by atoms with Gasteiger partial charge in [0.25, 0.3) is 5.91 Å². The fraction of sp³-hybridized carbons (Fsp3) is 0.533. The van der Waals surface area contributed by atoms with Crippen LogP contribution in [0.2, 0.25) is 0 Å². The third kappa shape index (κ3) is 4.91. The van der Waals surface area contributed by atoms with Crippen LogP contribution in [0.1, 0.15) is 33.6 Å². The predicted octanol–water partition coefficient (Wildman–Crippen LogP) is 2.12. The lowest BCUT2D eigenvalue weighted by molar-refractivity contribution is -0.128. The molecule has 1 atom stereocenters. The maximum absolute atomic E-state index is 11.9. The van der Waals surface area contributed by atoms with Crippen molar-refractivity contribution in [1.82, 2.24) is 5.32 Å². The zero-order chi connectivity index (χ0) is 14.3. The van der Waals surface area contributed by atoms with E-state index in [0.717, 1.165) is 0 Å². The Bertz CT molecular complexity index is 388. The van der Waals surface area contributed by atoms with Crippen molar-refractivity contribution in [2.45, 2.75) is 45.3 Å². The fourth-order valence-corrected chi connectivity index (χ4v) is 1.65. The third-order valence-electron chi connectivity index (χ3n) is 3.33. The first-order valence-electron chi connectivity index (χ1n) is 6.72. The topological polar surface area (TPSA) is 58.6 Å². The molecule has 0 spiro atoms. The minimum absolute atomic E-state index is 0.218. The smallest absolute Gasteiger partial charge is 0.260 e. The predicted molar refractivity (Wildman–Crippen MR) is 75.1 cm³/mol. The van der Waals surface area contributed by atoms with E-state index >= 15 is 0 Å². The number of hydrogen-bond donors (Lipinski definition) is 2. The second kappa shape index (κ2) is 7.14. The van der Waals surface area contributed by atoms with E-state index in [4.69, 9.17) is 4.74 Å². The van der Waals surface area contributed by atoms with Crippen molar-refractivity contribution in [3.63, 3.8) is 0 Å². The number of amides is 1. The second-order valence-electron chi connectivity index (χ2n) is 4.72. The van der Waals surface area contributed by atoms with Crippen LogP contribution < -0.4 is 10.1 Å². The first-order valence-corrected chi connectivity index (χ1v) is 6.72. The minimum Gasteiger partial charge on any atom is -0.481 e. The maximum Gasteiger partial charge on any atom is 0.260 e. The van der Waals surface area contributed by atoms with Gasteiger partial charge in [-0.25, -0.2) is 0 Å². The molecule has 4 nitrogen and oxygen atoms in total. The Labute approximate surface area is 114 Å². The zero-order valence-electron chi connectivity index (χ0n) is 11.8. The molecule has 0 aliphatic heterocycles. The second-order valence-corrected chi connectivity index (χ2v) is 4.72. The van der Waals surface area contributed by atoms with Crippen LogP contribution in [0.4, 0.5) is 0 Å². The van der Waals surface area contributed by atoms with E-state index in [1.54, 1.807) is 19.1 Å². The quantitative estimate of drug-likeness (QED) is 0.794. The molecule has 4 heteroatoms. The Balaban J connectivity index is 2.45. The molecule has 0 saturated carbocycles. The van der Waals surface area contributed by atoms with Crippen molar-refractivity contribution in [3.05, 3.63) is 30.3 Å². The first kappa shape index (κ1) is 15.5. The van der Waals surface area contributed by atoms with E-state index in [-0.39, 0.29) is 12.5 Å². The standard InChI is InChI=1S/C15H23NO3/c1-4-15(18,5-2)11-16-14(17)12(3)19-13-9-7-6-8-10-13/h6-10,12,18H,4-5,11H2,1-3H3,(H,16,17). The Morgan fingerprint density at radius 2 is 1.89 bits per heavy atom. The molecule has 0 aliphatic carbocycles. The number of nitrogens with one attached hydrogen (secondary N) is 1. The highest BCUT2D eigenvalue weighted by atomic mass is 16.5. The normalized spacial score (nSPS) is 12.8. The largest absolute Gasteiger partial charge is 0.481 e. The summed E-state index contributed by atoms with van der Waals surface area (Å²) in [6.07, 6.45) is 0.635. The van der Waals surface area contributed by atoms with E-state index in [9.17, 15) is 9.90 Å². The molecule has 0 heterocycles. The third-order valence-corrected chi connectivity index (χ3v) is 3.33. The van der Waals surface area contributed by atoms with Gasteiger partial charge < -0.3 is 15.2 Å². The molecule has 0 saturated heterocycles. The molecule has 106 valence electrons. The van der Waals surface area contributed by atoms with Crippen molar-refractivity contribution in [2.24, 2.45) is 0 Å². The molecule has 1 rings (SSSR count). The van der Waals surface area contributed by atoms with Gasteiger partial charge in [0.05, 0.1) is 5.60 Å². The van der Waals surface area contributed by atoms with Gasteiger partial charge in [0.1, 0.15) is 5.75 Å². The molecule has 0 aliphatic rings. The number of carbonyl (C=O) groups excluding carboxylic acids is 1. The molecular weight excluding hydrogens is 242 g/mol. The number of para-hydroxylation sites is 1. The first-order chi connectivity index (χ1) is 9.00.